The fourth-order valence-electron chi connectivity index (χ4n) is 1.47. The van der Waals surface area contributed by atoms with Gasteiger partial charge in [0, 0.05) is 6.42 Å². The van der Waals surface area contributed by atoms with Crippen LogP contribution in [0.3, 0.4) is 0 Å². The highest BCUT2D eigenvalue weighted by atomic mass is 32.1. The molecule has 0 saturated heterocycles. The van der Waals surface area contributed by atoms with Gasteiger partial charge in [0.1, 0.15) is 5.60 Å². The van der Waals surface area contributed by atoms with Gasteiger partial charge in [0.2, 0.25) is 0 Å². The number of hydrogen-bond acceptors (Lipinski definition) is 5. The van der Waals surface area contributed by atoms with Crippen molar-refractivity contribution < 1.29 is 18.3 Å². The van der Waals surface area contributed by atoms with Gasteiger partial charge in [-0.1, -0.05) is 11.3 Å². The molecular formula is C12H19F2N3O2S. The summed E-state index contributed by atoms with van der Waals surface area (Å²) < 4.78 is 32.6. The molecule has 114 valence electrons. The molecule has 1 heterocycles. The second-order valence-electron chi connectivity index (χ2n) is 5.30. The van der Waals surface area contributed by atoms with Crippen LogP contribution in [0.25, 0.3) is 0 Å². The molecule has 0 spiro atoms. The van der Waals surface area contributed by atoms with Crippen LogP contribution in [-0.4, -0.2) is 23.2 Å². The van der Waals surface area contributed by atoms with E-state index in [1.54, 1.807) is 20.8 Å². The summed E-state index contributed by atoms with van der Waals surface area (Å²) >= 11 is 0.732. The lowest BCUT2D eigenvalue weighted by Gasteiger charge is -2.18. The van der Waals surface area contributed by atoms with Crippen LogP contribution in [0.15, 0.2) is 0 Å². The number of aryl methyl sites for hydroxylation is 1. The number of nitrogens with two attached hydrogens (primary N) is 1. The van der Waals surface area contributed by atoms with Gasteiger partial charge >= 0.3 is 6.09 Å². The van der Waals surface area contributed by atoms with E-state index in [0.717, 1.165) is 11.3 Å². The Hall–Kier alpha value is -1.28. The lowest BCUT2D eigenvalue weighted by atomic mass is 10.2. The predicted molar refractivity (Wildman–Crippen MR) is 74.3 cm³/mol. The number of nitrogens with one attached hydrogen (secondary N) is 1. The molecule has 20 heavy (non-hydrogen) atoms. The highest BCUT2D eigenvalue weighted by molar-refractivity contribution is 7.16. The van der Waals surface area contributed by atoms with E-state index >= 15 is 0 Å². The fourth-order valence-corrected chi connectivity index (χ4v) is 2.43. The Morgan fingerprint density at radius 1 is 1.45 bits per heavy atom. The molecule has 1 rings (SSSR count). The molecule has 5 nitrogen and oxygen atoms in total. The van der Waals surface area contributed by atoms with Crippen LogP contribution in [0, 0.1) is 6.92 Å². The minimum absolute atomic E-state index is 0.0865. The number of amides is 1. The van der Waals surface area contributed by atoms with Crippen molar-refractivity contribution in [2.24, 2.45) is 5.73 Å². The average molecular weight is 307 g/mol. The lowest BCUT2D eigenvalue weighted by molar-refractivity contribution is -0.00762. The standard InChI is InChI=1S/C12H19F2N3O2S/c1-7-8(12(13,14)5-6-15)20-9(16-7)17-10(18)19-11(2,3)4/h5-6,15H2,1-4H3,(H,16,17,18). The molecule has 3 N–H and O–H groups in total. The summed E-state index contributed by atoms with van der Waals surface area (Å²) in [5, 5.41) is 2.44. The zero-order chi connectivity index (χ0) is 15.6. The molecular weight excluding hydrogens is 288 g/mol. The van der Waals surface area contributed by atoms with Crippen LogP contribution in [0.1, 0.15) is 37.8 Å². The van der Waals surface area contributed by atoms with Gasteiger partial charge in [-0.3, -0.25) is 5.32 Å². The molecule has 0 fully saturated rings. The largest absolute Gasteiger partial charge is 0.444 e. The van der Waals surface area contributed by atoms with E-state index < -0.39 is 24.0 Å². The van der Waals surface area contributed by atoms with Crippen molar-refractivity contribution in [1.29, 1.82) is 0 Å². The minimum Gasteiger partial charge on any atom is -0.444 e. The summed E-state index contributed by atoms with van der Waals surface area (Å²) in [4.78, 5) is 15.3. The first-order chi connectivity index (χ1) is 9.05. The van der Waals surface area contributed by atoms with Crippen molar-refractivity contribution >= 4 is 22.6 Å². The third-order valence-electron chi connectivity index (χ3n) is 2.19. The maximum atomic E-state index is 13.8. The SMILES string of the molecule is Cc1nc(NC(=O)OC(C)(C)C)sc1C(F)(F)CCN. The van der Waals surface area contributed by atoms with Crippen LogP contribution in [-0.2, 0) is 10.7 Å². The zero-order valence-corrected chi connectivity index (χ0v) is 12.7. The van der Waals surface area contributed by atoms with E-state index in [1.165, 1.54) is 6.92 Å². The van der Waals surface area contributed by atoms with Gasteiger partial charge in [-0.05, 0) is 34.2 Å². The van der Waals surface area contributed by atoms with E-state index in [1.807, 2.05) is 0 Å². The van der Waals surface area contributed by atoms with E-state index in [0.29, 0.717) is 0 Å². The number of ether oxygens (including phenoxy) is 1. The Morgan fingerprint density at radius 3 is 2.55 bits per heavy atom. The van der Waals surface area contributed by atoms with Crippen LogP contribution < -0.4 is 11.1 Å². The Labute approximate surface area is 120 Å². The molecule has 0 aliphatic heterocycles. The van der Waals surface area contributed by atoms with Crippen molar-refractivity contribution in [1.82, 2.24) is 4.98 Å². The second-order valence-corrected chi connectivity index (χ2v) is 6.30. The molecule has 0 radical (unpaired) electrons. The summed E-state index contributed by atoms with van der Waals surface area (Å²) in [6, 6.07) is 0. The van der Waals surface area contributed by atoms with Gasteiger partial charge in [0.05, 0.1) is 10.6 Å². The Bertz CT molecular complexity index is 484. The Kier molecular flexibility index (Phi) is 5.04. The van der Waals surface area contributed by atoms with Crippen molar-refractivity contribution in [2.45, 2.75) is 45.6 Å². The summed E-state index contributed by atoms with van der Waals surface area (Å²) in [6.07, 6.45) is -1.18. The van der Waals surface area contributed by atoms with Crippen molar-refractivity contribution in [3.8, 4) is 0 Å². The molecule has 1 amide bonds. The molecule has 0 aromatic carbocycles. The zero-order valence-electron chi connectivity index (χ0n) is 11.9. The van der Waals surface area contributed by atoms with Gasteiger partial charge in [-0.15, -0.1) is 0 Å². The molecule has 0 unspecified atom stereocenters. The Balaban J connectivity index is 2.83. The van der Waals surface area contributed by atoms with Crippen molar-refractivity contribution in [3.05, 3.63) is 10.6 Å². The molecule has 8 heteroatoms. The summed E-state index contributed by atoms with van der Waals surface area (Å²) in [5.41, 5.74) is 4.69. The van der Waals surface area contributed by atoms with Crippen LogP contribution >= 0.6 is 11.3 Å². The van der Waals surface area contributed by atoms with Gasteiger partial charge in [-0.25, -0.2) is 18.6 Å². The maximum absolute atomic E-state index is 13.8. The first kappa shape index (κ1) is 16.8. The number of carbonyl (C=O) groups is 1. The maximum Gasteiger partial charge on any atom is 0.413 e. The minimum atomic E-state index is -3.04. The van der Waals surface area contributed by atoms with Crippen LogP contribution in [0.4, 0.5) is 18.7 Å². The molecule has 1 aromatic heterocycles. The van der Waals surface area contributed by atoms with Gasteiger partial charge in [0.15, 0.2) is 5.13 Å². The highest BCUT2D eigenvalue weighted by Crippen LogP contribution is 2.39. The summed E-state index contributed by atoms with van der Waals surface area (Å²) in [7, 11) is 0. The number of rotatable bonds is 4. The smallest absolute Gasteiger partial charge is 0.413 e. The summed E-state index contributed by atoms with van der Waals surface area (Å²) in [6.45, 7) is 6.47. The van der Waals surface area contributed by atoms with E-state index in [-0.39, 0.29) is 22.2 Å². The third-order valence-corrected chi connectivity index (χ3v) is 3.38. The molecule has 1 aromatic rings. The second kappa shape index (κ2) is 6.01. The topological polar surface area (TPSA) is 77.2 Å². The Morgan fingerprint density at radius 2 is 2.05 bits per heavy atom. The fraction of sp³-hybridized carbons (Fsp3) is 0.667. The normalized spacial score (nSPS) is 12.3. The first-order valence-electron chi connectivity index (χ1n) is 6.11. The number of nitrogens with zero attached hydrogens (tertiary/aromatic N) is 1. The number of anilines is 1. The first-order valence-corrected chi connectivity index (χ1v) is 6.92. The van der Waals surface area contributed by atoms with E-state index in [9.17, 15) is 13.6 Å². The van der Waals surface area contributed by atoms with Gasteiger partial charge in [-0.2, -0.15) is 0 Å². The molecule has 0 bridgehead atoms. The number of carbonyl (C=O) groups excluding carboxylic acids is 1. The number of hydrogen-bond donors (Lipinski definition) is 2. The number of halogens is 2. The van der Waals surface area contributed by atoms with Gasteiger partial charge < -0.3 is 10.5 Å². The quantitative estimate of drug-likeness (QED) is 0.895. The summed E-state index contributed by atoms with van der Waals surface area (Å²) in [5.74, 6) is -3.04. The number of aromatic nitrogens is 1. The van der Waals surface area contributed by atoms with Crippen molar-refractivity contribution in [3.63, 3.8) is 0 Å². The molecule has 0 saturated carbocycles. The average Bonchev–Trinajstić information content (AvgIpc) is 2.56. The van der Waals surface area contributed by atoms with E-state index in [2.05, 4.69) is 10.3 Å². The predicted octanol–water partition coefficient (Wildman–Crippen LogP) is 3.24. The molecule has 0 aliphatic carbocycles. The number of alkyl halides is 2. The molecule has 0 atom stereocenters. The van der Waals surface area contributed by atoms with Crippen molar-refractivity contribution in [2.75, 3.05) is 11.9 Å². The van der Waals surface area contributed by atoms with Crippen LogP contribution in [0.5, 0.6) is 0 Å². The highest BCUT2D eigenvalue weighted by Gasteiger charge is 2.35. The lowest BCUT2D eigenvalue weighted by Crippen LogP contribution is -2.27. The van der Waals surface area contributed by atoms with E-state index in [4.69, 9.17) is 10.5 Å². The number of thiazole rings is 1. The third kappa shape index (κ3) is 4.68. The monoisotopic (exact) mass is 307 g/mol. The molecule has 0 aliphatic rings. The van der Waals surface area contributed by atoms with Gasteiger partial charge in [0.25, 0.3) is 5.92 Å². The van der Waals surface area contributed by atoms with Crippen LogP contribution in [0.2, 0.25) is 0 Å².